The van der Waals surface area contributed by atoms with Gasteiger partial charge in [-0.25, -0.2) is 0 Å². The number of aryl methyl sites for hydroxylation is 1. The number of nitrogens with one attached hydrogen (secondary N) is 2. The molecule has 0 aliphatic heterocycles. The van der Waals surface area contributed by atoms with Gasteiger partial charge in [-0.2, -0.15) is 0 Å². The van der Waals surface area contributed by atoms with Crippen molar-refractivity contribution in [2.75, 3.05) is 18.5 Å². The van der Waals surface area contributed by atoms with Crippen LogP contribution in [0.3, 0.4) is 0 Å². The molecule has 1 aliphatic carbocycles. The van der Waals surface area contributed by atoms with Gasteiger partial charge in [-0.3, -0.25) is 14.4 Å². The number of anilines is 1. The number of carbonyl (C=O) groups is 3. The Kier molecular flexibility index (Phi) is 5.64. The molecule has 0 unspecified atom stereocenters. The summed E-state index contributed by atoms with van der Waals surface area (Å²) >= 11 is 11.7. The van der Waals surface area contributed by atoms with Crippen molar-refractivity contribution in [1.29, 1.82) is 0 Å². The lowest BCUT2D eigenvalue weighted by molar-refractivity contribution is -0.153. The number of esters is 1. The molecule has 0 spiro atoms. The van der Waals surface area contributed by atoms with Gasteiger partial charge in [0, 0.05) is 12.1 Å². The molecule has 1 aromatic carbocycles. The number of ether oxygens (including phenoxy) is 1. The van der Waals surface area contributed by atoms with Crippen LogP contribution in [0.15, 0.2) is 18.2 Å². The Morgan fingerprint density at radius 1 is 1.20 bits per heavy atom. The third kappa shape index (κ3) is 4.44. The lowest BCUT2D eigenvalue weighted by atomic mass is 10.1. The number of halogens is 2. The highest BCUT2D eigenvalue weighted by atomic mass is 35.5. The van der Waals surface area contributed by atoms with Crippen molar-refractivity contribution in [2.24, 2.45) is 5.41 Å². The average Bonchev–Trinajstić information content (AvgIpc) is 3.07. The number of hydrogen-bond donors (Lipinski definition) is 2. The second kappa shape index (κ2) is 7.22. The fourth-order valence-corrected chi connectivity index (χ4v) is 2.91. The zero-order chi connectivity index (χ0) is 18.8. The van der Waals surface area contributed by atoms with Gasteiger partial charge in [0.05, 0.1) is 6.54 Å². The fourth-order valence-electron chi connectivity index (χ4n) is 2.22. The van der Waals surface area contributed by atoms with Gasteiger partial charge in [-0.15, -0.1) is 23.2 Å². The maximum atomic E-state index is 11.9. The van der Waals surface area contributed by atoms with Crippen LogP contribution in [0.25, 0.3) is 0 Å². The van der Waals surface area contributed by atoms with Gasteiger partial charge in [0.1, 0.15) is 9.75 Å². The van der Waals surface area contributed by atoms with E-state index in [1.165, 1.54) is 0 Å². The monoisotopic (exact) mass is 386 g/mol. The Morgan fingerprint density at radius 3 is 2.44 bits per heavy atom. The van der Waals surface area contributed by atoms with Gasteiger partial charge in [0.15, 0.2) is 6.61 Å². The Bertz CT molecular complexity index is 721. The van der Waals surface area contributed by atoms with Crippen molar-refractivity contribution < 1.29 is 19.1 Å². The molecule has 1 aromatic rings. The second-order valence-electron chi connectivity index (χ2n) is 6.36. The zero-order valence-corrected chi connectivity index (χ0v) is 15.8. The molecular formula is C17H20Cl2N2O4. The molecular weight excluding hydrogens is 367 g/mol. The number of benzene rings is 1. The smallest absolute Gasteiger partial charge is 0.315 e. The van der Waals surface area contributed by atoms with Crippen LogP contribution in [0.4, 0.5) is 5.69 Å². The quantitative estimate of drug-likeness (QED) is 0.580. The number of hydrogen-bond acceptors (Lipinski definition) is 4. The van der Waals surface area contributed by atoms with Crippen LogP contribution in [0.2, 0.25) is 0 Å². The number of rotatable bonds is 6. The standard InChI is InChI=1S/C17H20Cl2N2O4/c1-10-5-4-6-12(11(10)2)21-13(22)7-20-14(23)8-25-15(24)16(3)9-17(16,18)19/h4-6H,7-9H2,1-3H3,(H,20,23)(H,21,22)/t16-/m0/s1. The lowest BCUT2D eigenvalue weighted by Gasteiger charge is -2.12. The molecule has 6 nitrogen and oxygen atoms in total. The number of amides is 2. The van der Waals surface area contributed by atoms with Crippen LogP contribution < -0.4 is 10.6 Å². The van der Waals surface area contributed by atoms with Crippen molar-refractivity contribution in [3.05, 3.63) is 29.3 Å². The van der Waals surface area contributed by atoms with E-state index in [9.17, 15) is 14.4 Å². The lowest BCUT2D eigenvalue weighted by Crippen LogP contribution is -2.36. The first kappa shape index (κ1) is 19.5. The van der Waals surface area contributed by atoms with E-state index in [1.54, 1.807) is 13.0 Å². The van der Waals surface area contributed by atoms with Crippen molar-refractivity contribution in [1.82, 2.24) is 5.32 Å². The van der Waals surface area contributed by atoms with E-state index < -0.39 is 28.2 Å². The summed E-state index contributed by atoms with van der Waals surface area (Å²) in [6.45, 7) is 4.70. The number of alkyl halides is 2. The molecule has 1 aliphatic rings. The molecule has 0 bridgehead atoms. The highest BCUT2D eigenvalue weighted by Gasteiger charge is 2.69. The van der Waals surface area contributed by atoms with E-state index in [1.807, 2.05) is 26.0 Å². The van der Waals surface area contributed by atoms with Crippen LogP contribution in [0.1, 0.15) is 24.5 Å². The van der Waals surface area contributed by atoms with E-state index >= 15 is 0 Å². The summed E-state index contributed by atoms with van der Waals surface area (Å²) < 4.78 is 3.75. The molecule has 1 fully saturated rings. The van der Waals surface area contributed by atoms with E-state index in [0.717, 1.165) is 11.1 Å². The summed E-state index contributed by atoms with van der Waals surface area (Å²) in [4.78, 5) is 35.4. The normalized spacial score (nSPS) is 20.5. The molecule has 2 rings (SSSR count). The van der Waals surface area contributed by atoms with Crippen LogP contribution >= 0.6 is 23.2 Å². The highest BCUT2D eigenvalue weighted by Crippen LogP contribution is 2.64. The van der Waals surface area contributed by atoms with Crippen molar-refractivity contribution >= 4 is 46.7 Å². The predicted octanol–water partition coefficient (Wildman–Crippen LogP) is 2.49. The van der Waals surface area contributed by atoms with Crippen molar-refractivity contribution in [3.8, 4) is 0 Å². The third-order valence-corrected chi connectivity index (χ3v) is 5.47. The molecule has 25 heavy (non-hydrogen) atoms. The summed E-state index contributed by atoms with van der Waals surface area (Å²) in [6, 6.07) is 5.56. The molecule has 1 atom stereocenters. The zero-order valence-electron chi connectivity index (χ0n) is 14.2. The van der Waals surface area contributed by atoms with Crippen molar-refractivity contribution in [3.63, 3.8) is 0 Å². The van der Waals surface area contributed by atoms with Gasteiger partial charge in [-0.05, 0) is 38.0 Å². The number of carbonyl (C=O) groups excluding carboxylic acids is 3. The summed E-state index contributed by atoms with van der Waals surface area (Å²) in [6.07, 6.45) is 0.280. The van der Waals surface area contributed by atoms with E-state index in [0.29, 0.717) is 5.69 Å². The SMILES string of the molecule is Cc1cccc(NC(=O)CNC(=O)COC(=O)[C@]2(C)CC2(Cl)Cl)c1C. The molecule has 1 saturated carbocycles. The first-order valence-corrected chi connectivity index (χ1v) is 8.50. The Labute approximate surface area is 156 Å². The average molecular weight is 387 g/mol. The summed E-state index contributed by atoms with van der Waals surface area (Å²) in [5.74, 6) is -1.58. The van der Waals surface area contributed by atoms with Crippen LogP contribution in [0, 0.1) is 19.3 Å². The maximum Gasteiger partial charge on any atom is 0.315 e. The van der Waals surface area contributed by atoms with Crippen molar-refractivity contribution in [2.45, 2.75) is 31.5 Å². The van der Waals surface area contributed by atoms with Crippen LogP contribution in [-0.4, -0.2) is 35.3 Å². The topological polar surface area (TPSA) is 84.5 Å². The Balaban J connectivity index is 1.74. The van der Waals surface area contributed by atoms with E-state index in [-0.39, 0.29) is 18.9 Å². The summed E-state index contributed by atoms with van der Waals surface area (Å²) in [5.41, 5.74) is 1.71. The molecule has 0 aromatic heterocycles. The molecule has 136 valence electrons. The van der Waals surface area contributed by atoms with Gasteiger partial charge in [0.25, 0.3) is 5.91 Å². The van der Waals surface area contributed by atoms with Gasteiger partial charge in [0.2, 0.25) is 5.91 Å². The van der Waals surface area contributed by atoms with E-state index in [2.05, 4.69) is 10.6 Å². The molecule has 0 radical (unpaired) electrons. The van der Waals surface area contributed by atoms with Gasteiger partial charge in [-0.1, -0.05) is 12.1 Å². The molecule has 0 heterocycles. The first-order chi connectivity index (χ1) is 11.6. The third-order valence-electron chi connectivity index (χ3n) is 4.37. The summed E-state index contributed by atoms with van der Waals surface area (Å²) in [5, 5.41) is 5.11. The molecule has 2 amide bonds. The minimum Gasteiger partial charge on any atom is -0.455 e. The molecule has 8 heteroatoms. The van der Waals surface area contributed by atoms with Crippen LogP contribution in [-0.2, 0) is 19.1 Å². The van der Waals surface area contributed by atoms with E-state index in [4.69, 9.17) is 27.9 Å². The van der Waals surface area contributed by atoms with Gasteiger partial charge >= 0.3 is 5.97 Å². The summed E-state index contributed by atoms with van der Waals surface area (Å²) in [7, 11) is 0. The second-order valence-corrected chi connectivity index (χ2v) is 7.85. The fraction of sp³-hybridized carbons (Fsp3) is 0.471. The van der Waals surface area contributed by atoms with Gasteiger partial charge < -0.3 is 15.4 Å². The Morgan fingerprint density at radius 2 is 1.84 bits per heavy atom. The highest BCUT2D eigenvalue weighted by molar-refractivity contribution is 6.53. The largest absolute Gasteiger partial charge is 0.455 e. The Hall–Kier alpha value is -1.79. The van der Waals surface area contributed by atoms with Crippen LogP contribution in [0.5, 0.6) is 0 Å². The minimum absolute atomic E-state index is 0.226. The molecule has 2 N–H and O–H groups in total. The predicted molar refractivity (Wildman–Crippen MR) is 95.7 cm³/mol. The first-order valence-electron chi connectivity index (χ1n) is 7.74. The molecule has 0 saturated heterocycles. The maximum absolute atomic E-state index is 11.9. The minimum atomic E-state index is -1.15.